The van der Waals surface area contributed by atoms with Gasteiger partial charge in [-0.1, -0.05) is 29.8 Å². The zero-order chi connectivity index (χ0) is 13.8. The van der Waals surface area contributed by atoms with Crippen molar-refractivity contribution in [3.63, 3.8) is 0 Å². The molecule has 4 heteroatoms. The first-order chi connectivity index (χ1) is 9.09. The second-order valence-electron chi connectivity index (χ2n) is 5.22. The summed E-state index contributed by atoms with van der Waals surface area (Å²) in [7, 11) is 3.90. The number of ether oxygens (including phenoxy) is 1. The SMILES string of the molecule is Cc1cccc(C(C(=O)N2CCOCC2)N(C)C)c1. The van der Waals surface area contributed by atoms with Gasteiger partial charge in [-0.2, -0.15) is 0 Å². The van der Waals surface area contributed by atoms with Crippen molar-refractivity contribution >= 4 is 5.91 Å². The van der Waals surface area contributed by atoms with Gasteiger partial charge in [-0.25, -0.2) is 0 Å². The molecule has 1 amide bonds. The minimum atomic E-state index is -0.210. The summed E-state index contributed by atoms with van der Waals surface area (Å²) in [6, 6.07) is 7.96. The summed E-state index contributed by atoms with van der Waals surface area (Å²) in [5.74, 6) is 0.166. The molecule has 1 atom stereocenters. The molecule has 19 heavy (non-hydrogen) atoms. The number of likely N-dealkylation sites (N-methyl/N-ethyl adjacent to an activating group) is 1. The Bertz CT molecular complexity index is 440. The third-order valence-corrected chi connectivity index (χ3v) is 3.43. The summed E-state index contributed by atoms with van der Waals surface area (Å²) >= 11 is 0. The lowest BCUT2D eigenvalue weighted by Gasteiger charge is -2.33. The van der Waals surface area contributed by atoms with Crippen LogP contribution in [0, 0.1) is 6.92 Å². The Labute approximate surface area is 115 Å². The normalized spacial score (nSPS) is 17.6. The number of amides is 1. The molecule has 1 aliphatic heterocycles. The highest BCUT2D eigenvalue weighted by atomic mass is 16.5. The molecule has 1 unspecified atom stereocenters. The average Bonchev–Trinajstić information content (AvgIpc) is 2.39. The van der Waals surface area contributed by atoms with E-state index in [2.05, 4.69) is 19.1 Å². The number of hydrogen-bond donors (Lipinski definition) is 0. The van der Waals surface area contributed by atoms with Crippen molar-refractivity contribution in [1.82, 2.24) is 9.80 Å². The number of rotatable bonds is 3. The molecule has 0 bridgehead atoms. The van der Waals surface area contributed by atoms with Crippen LogP contribution in [0.1, 0.15) is 17.2 Å². The Kier molecular flexibility index (Phi) is 4.56. The first-order valence-electron chi connectivity index (χ1n) is 6.69. The van der Waals surface area contributed by atoms with Gasteiger partial charge in [0.25, 0.3) is 0 Å². The first kappa shape index (κ1) is 14.0. The highest BCUT2D eigenvalue weighted by molar-refractivity contribution is 5.83. The maximum atomic E-state index is 12.7. The minimum Gasteiger partial charge on any atom is -0.378 e. The number of carbonyl (C=O) groups is 1. The van der Waals surface area contributed by atoms with Crippen LogP contribution in [0.25, 0.3) is 0 Å². The van der Waals surface area contributed by atoms with Gasteiger partial charge < -0.3 is 9.64 Å². The second-order valence-corrected chi connectivity index (χ2v) is 5.22. The molecule has 0 aromatic heterocycles. The summed E-state index contributed by atoms with van der Waals surface area (Å²) < 4.78 is 5.31. The van der Waals surface area contributed by atoms with E-state index in [-0.39, 0.29) is 11.9 Å². The van der Waals surface area contributed by atoms with Gasteiger partial charge in [0.1, 0.15) is 6.04 Å². The van der Waals surface area contributed by atoms with E-state index in [0.717, 1.165) is 5.56 Å². The predicted molar refractivity (Wildman–Crippen MR) is 75.0 cm³/mol. The van der Waals surface area contributed by atoms with Crippen LogP contribution in [0.15, 0.2) is 24.3 Å². The quantitative estimate of drug-likeness (QED) is 0.826. The van der Waals surface area contributed by atoms with Crippen molar-refractivity contribution in [2.45, 2.75) is 13.0 Å². The largest absolute Gasteiger partial charge is 0.378 e. The zero-order valence-corrected chi connectivity index (χ0v) is 11.9. The standard InChI is InChI=1S/C15H22N2O2/c1-12-5-4-6-13(11-12)14(16(2)3)15(18)17-7-9-19-10-8-17/h4-6,11,14H,7-10H2,1-3H3. The number of hydrogen-bond acceptors (Lipinski definition) is 3. The van der Waals surface area contributed by atoms with Gasteiger partial charge in [0.2, 0.25) is 5.91 Å². The zero-order valence-electron chi connectivity index (χ0n) is 11.9. The Morgan fingerprint density at radius 2 is 2.00 bits per heavy atom. The number of aryl methyl sites for hydroxylation is 1. The summed E-state index contributed by atoms with van der Waals surface area (Å²) in [4.78, 5) is 16.6. The maximum Gasteiger partial charge on any atom is 0.244 e. The van der Waals surface area contributed by atoms with E-state index < -0.39 is 0 Å². The molecule has 1 aliphatic rings. The Morgan fingerprint density at radius 1 is 1.32 bits per heavy atom. The summed E-state index contributed by atoms with van der Waals surface area (Å²) in [5, 5.41) is 0. The van der Waals surface area contributed by atoms with E-state index in [1.807, 2.05) is 36.0 Å². The first-order valence-corrected chi connectivity index (χ1v) is 6.69. The van der Waals surface area contributed by atoms with Crippen molar-refractivity contribution in [3.05, 3.63) is 35.4 Å². The minimum absolute atomic E-state index is 0.166. The molecule has 1 aromatic carbocycles. The van der Waals surface area contributed by atoms with Gasteiger partial charge in [0.15, 0.2) is 0 Å². The lowest BCUT2D eigenvalue weighted by atomic mass is 10.0. The van der Waals surface area contributed by atoms with Crippen LogP contribution in [0.2, 0.25) is 0 Å². The number of carbonyl (C=O) groups excluding carboxylic acids is 1. The van der Waals surface area contributed by atoms with Crippen LogP contribution in [0.5, 0.6) is 0 Å². The van der Waals surface area contributed by atoms with Crippen LogP contribution in [-0.4, -0.2) is 56.1 Å². The smallest absolute Gasteiger partial charge is 0.244 e. The molecule has 1 saturated heterocycles. The molecule has 1 aromatic rings. The molecule has 0 saturated carbocycles. The number of benzene rings is 1. The van der Waals surface area contributed by atoms with Crippen molar-refractivity contribution in [3.8, 4) is 0 Å². The highest BCUT2D eigenvalue weighted by Gasteiger charge is 2.28. The monoisotopic (exact) mass is 262 g/mol. The fraction of sp³-hybridized carbons (Fsp3) is 0.533. The van der Waals surface area contributed by atoms with Gasteiger partial charge in [0.05, 0.1) is 13.2 Å². The summed E-state index contributed by atoms with van der Waals surface area (Å²) in [6.07, 6.45) is 0. The molecular weight excluding hydrogens is 240 g/mol. The third kappa shape index (κ3) is 3.33. The fourth-order valence-electron chi connectivity index (χ4n) is 2.46. The van der Waals surface area contributed by atoms with Crippen LogP contribution in [0.3, 0.4) is 0 Å². The third-order valence-electron chi connectivity index (χ3n) is 3.43. The molecule has 4 nitrogen and oxygen atoms in total. The van der Waals surface area contributed by atoms with E-state index in [1.54, 1.807) is 0 Å². The molecule has 0 N–H and O–H groups in total. The fourth-order valence-corrected chi connectivity index (χ4v) is 2.46. The van der Waals surface area contributed by atoms with Gasteiger partial charge in [-0.05, 0) is 26.6 Å². The Hall–Kier alpha value is -1.39. The Balaban J connectivity index is 2.22. The number of morpholine rings is 1. The molecule has 0 radical (unpaired) electrons. The Morgan fingerprint density at radius 3 is 2.58 bits per heavy atom. The van der Waals surface area contributed by atoms with E-state index in [4.69, 9.17) is 4.74 Å². The van der Waals surface area contributed by atoms with E-state index in [1.165, 1.54) is 5.56 Å². The lowest BCUT2D eigenvalue weighted by Crippen LogP contribution is -2.46. The number of nitrogens with zero attached hydrogens (tertiary/aromatic N) is 2. The van der Waals surface area contributed by atoms with E-state index in [0.29, 0.717) is 26.3 Å². The van der Waals surface area contributed by atoms with Crippen molar-refractivity contribution in [2.75, 3.05) is 40.4 Å². The van der Waals surface area contributed by atoms with Crippen molar-refractivity contribution in [1.29, 1.82) is 0 Å². The molecular formula is C15H22N2O2. The molecule has 2 rings (SSSR count). The molecule has 0 spiro atoms. The predicted octanol–water partition coefficient (Wildman–Crippen LogP) is 1.46. The maximum absolute atomic E-state index is 12.7. The molecule has 104 valence electrons. The van der Waals surface area contributed by atoms with Gasteiger partial charge in [-0.3, -0.25) is 9.69 Å². The summed E-state index contributed by atoms with van der Waals surface area (Å²) in [6.45, 7) is 4.71. The van der Waals surface area contributed by atoms with Crippen molar-refractivity contribution in [2.24, 2.45) is 0 Å². The van der Waals surface area contributed by atoms with E-state index in [9.17, 15) is 4.79 Å². The second kappa shape index (κ2) is 6.17. The molecule has 1 heterocycles. The van der Waals surface area contributed by atoms with Gasteiger partial charge >= 0.3 is 0 Å². The van der Waals surface area contributed by atoms with E-state index >= 15 is 0 Å². The molecule has 1 fully saturated rings. The van der Waals surface area contributed by atoms with Gasteiger partial charge in [0, 0.05) is 13.1 Å². The van der Waals surface area contributed by atoms with Crippen molar-refractivity contribution < 1.29 is 9.53 Å². The van der Waals surface area contributed by atoms with Crippen LogP contribution >= 0.6 is 0 Å². The lowest BCUT2D eigenvalue weighted by molar-refractivity contribution is -0.140. The van der Waals surface area contributed by atoms with Crippen LogP contribution < -0.4 is 0 Å². The van der Waals surface area contributed by atoms with Gasteiger partial charge in [-0.15, -0.1) is 0 Å². The average molecular weight is 262 g/mol. The van der Waals surface area contributed by atoms with Crippen LogP contribution in [0.4, 0.5) is 0 Å². The summed E-state index contributed by atoms with van der Waals surface area (Å²) in [5.41, 5.74) is 2.24. The topological polar surface area (TPSA) is 32.8 Å². The molecule has 0 aliphatic carbocycles. The highest BCUT2D eigenvalue weighted by Crippen LogP contribution is 2.22. The van der Waals surface area contributed by atoms with Crippen LogP contribution in [-0.2, 0) is 9.53 Å².